The summed E-state index contributed by atoms with van der Waals surface area (Å²) in [6.07, 6.45) is 3.71. The van der Waals surface area contributed by atoms with E-state index in [0.717, 1.165) is 17.2 Å². The first-order valence-electron chi connectivity index (χ1n) is 9.69. The van der Waals surface area contributed by atoms with E-state index in [9.17, 15) is 0 Å². The van der Waals surface area contributed by atoms with Crippen LogP contribution in [-0.2, 0) is 18.3 Å². The van der Waals surface area contributed by atoms with Crippen LogP contribution in [0.5, 0.6) is 0 Å². The Morgan fingerprint density at radius 2 is 2.00 bits per heavy atom. The monoisotopic (exact) mass is 558 g/mol. The fraction of sp³-hybridized carbons (Fsp3) is 0.400. The molecule has 0 spiro atoms. The summed E-state index contributed by atoms with van der Waals surface area (Å²) in [7, 11) is 3.60. The van der Waals surface area contributed by atoms with Crippen LogP contribution in [0, 0.1) is 6.92 Å². The zero-order valence-electron chi connectivity index (χ0n) is 17.8. The number of halogens is 2. The van der Waals surface area contributed by atoms with Crippen LogP contribution in [0.2, 0.25) is 5.02 Å². The third-order valence-electron chi connectivity index (χ3n) is 4.72. The minimum absolute atomic E-state index is 0. The lowest BCUT2D eigenvalue weighted by Crippen LogP contribution is -2.42. The summed E-state index contributed by atoms with van der Waals surface area (Å²) < 4.78 is 8.98. The minimum Gasteiger partial charge on any atom is -0.383 e. The van der Waals surface area contributed by atoms with E-state index in [1.165, 1.54) is 0 Å². The van der Waals surface area contributed by atoms with Crippen molar-refractivity contribution in [2.24, 2.45) is 12.0 Å². The van der Waals surface area contributed by atoms with E-state index in [-0.39, 0.29) is 30.0 Å². The molecule has 0 aliphatic carbocycles. The molecule has 0 fully saturated rings. The third-order valence-corrected chi connectivity index (χ3v) is 4.97. The Bertz CT molecular complexity index is 943. The summed E-state index contributed by atoms with van der Waals surface area (Å²) in [5.74, 6) is 2.31. The molecule has 0 saturated carbocycles. The molecular formula is C20H28ClIN8O. The van der Waals surface area contributed by atoms with Gasteiger partial charge >= 0.3 is 0 Å². The topological polar surface area (TPSA) is 94.2 Å². The molecule has 0 radical (unpaired) electrons. The summed E-state index contributed by atoms with van der Waals surface area (Å²) in [4.78, 5) is 4.67. The Kier molecular flexibility index (Phi) is 10.2. The summed E-state index contributed by atoms with van der Waals surface area (Å²) in [6, 6.07) is 9.67. The summed E-state index contributed by atoms with van der Waals surface area (Å²) in [5, 5.41) is 20.1. The number of methoxy groups -OCH3 is 1. The van der Waals surface area contributed by atoms with Crippen LogP contribution in [0.25, 0.3) is 0 Å². The van der Waals surface area contributed by atoms with Crippen molar-refractivity contribution in [2.75, 3.05) is 26.8 Å². The van der Waals surface area contributed by atoms with Crippen molar-refractivity contribution < 1.29 is 4.74 Å². The lowest BCUT2D eigenvalue weighted by atomic mass is 10.1. The number of hydrogen-bond acceptors (Lipinski definition) is 5. The zero-order chi connectivity index (χ0) is 21.3. The molecular weight excluding hydrogens is 531 g/mol. The van der Waals surface area contributed by atoms with Gasteiger partial charge in [0.2, 0.25) is 0 Å². The van der Waals surface area contributed by atoms with Crippen molar-refractivity contribution in [3.05, 3.63) is 65.0 Å². The van der Waals surface area contributed by atoms with Gasteiger partial charge in [-0.15, -0.1) is 34.2 Å². The molecule has 1 aromatic carbocycles. The smallest absolute Gasteiger partial charge is 0.191 e. The SMILES string of the molecule is COCCNC(=NCc1nnc(C)n1C)NCC(c1ccc(Cl)cc1)n1cccn1.I. The van der Waals surface area contributed by atoms with Crippen molar-refractivity contribution in [1.29, 1.82) is 0 Å². The number of nitrogens with zero attached hydrogens (tertiary/aromatic N) is 6. The predicted molar refractivity (Wildman–Crippen MR) is 132 cm³/mol. The van der Waals surface area contributed by atoms with E-state index in [4.69, 9.17) is 16.3 Å². The number of benzene rings is 1. The third kappa shape index (κ3) is 7.18. The Balaban J connectivity index is 0.00000341. The second-order valence-corrected chi connectivity index (χ2v) is 7.18. The van der Waals surface area contributed by atoms with Gasteiger partial charge in [0.1, 0.15) is 12.4 Å². The summed E-state index contributed by atoms with van der Waals surface area (Å²) in [5.41, 5.74) is 1.09. The molecule has 31 heavy (non-hydrogen) atoms. The normalized spacial score (nSPS) is 12.3. The second kappa shape index (κ2) is 12.6. The Labute approximate surface area is 204 Å². The predicted octanol–water partition coefficient (Wildman–Crippen LogP) is 2.56. The Hall–Kier alpha value is -2.18. The molecule has 9 nitrogen and oxygen atoms in total. The van der Waals surface area contributed by atoms with Crippen molar-refractivity contribution in [3.8, 4) is 0 Å². The molecule has 1 unspecified atom stereocenters. The number of hydrogen-bond donors (Lipinski definition) is 2. The van der Waals surface area contributed by atoms with Gasteiger partial charge in [-0.1, -0.05) is 23.7 Å². The lowest BCUT2D eigenvalue weighted by Gasteiger charge is -2.21. The number of aryl methyl sites for hydroxylation is 1. The average Bonchev–Trinajstić information content (AvgIpc) is 3.38. The van der Waals surface area contributed by atoms with Crippen LogP contribution >= 0.6 is 35.6 Å². The number of aromatic nitrogens is 5. The van der Waals surface area contributed by atoms with Gasteiger partial charge in [-0.2, -0.15) is 5.10 Å². The first-order valence-corrected chi connectivity index (χ1v) is 10.1. The van der Waals surface area contributed by atoms with Gasteiger partial charge in [-0.25, -0.2) is 4.99 Å². The molecule has 0 aliphatic heterocycles. The maximum atomic E-state index is 6.06. The quantitative estimate of drug-likeness (QED) is 0.182. The Morgan fingerprint density at radius 3 is 2.61 bits per heavy atom. The van der Waals surface area contributed by atoms with Gasteiger partial charge in [-0.05, 0) is 30.7 Å². The van der Waals surface area contributed by atoms with Crippen LogP contribution in [-0.4, -0.2) is 57.3 Å². The highest BCUT2D eigenvalue weighted by Gasteiger charge is 2.15. The Morgan fingerprint density at radius 1 is 1.23 bits per heavy atom. The number of guanidine groups is 1. The van der Waals surface area contributed by atoms with Crippen LogP contribution in [0.3, 0.4) is 0 Å². The van der Waals surface area contributed by atoms with E-state index in [1.807, 2.05) is 59.7 Å². The van der Waals surface area contributed by atoms with Gasteiger partial charge in [0.05, 0.1) is 12.6 Å². The average molecular weight is 559 g/mol. The number of rotatable bonds is 9. The van der Waals surface area contributed by atoms with E-state index >= 15 is 0 Å². The molecule has 0 aliphatic rings. The molecule has 3 rings (SSSR count). The number of nitrogens with one attached hydrogen (secondary N) is 2. The highest BCUT2D eigenvalue weighted by atomic mass is 127. The largest absolute Gasteiger partial charge is 0.383 e. The molecule has 0 amide bonds. The molecule has 0 saturated heterocycles. The van der Waals surface area contributed by atoms with E-state index < -0.39 is 0 Å². The molecule has 2 aromatic heterocycles. The first-order chi connectivity index (χ1) is 14.6. The fourth-order valence-corrected chi connectivity index (χ4v) is 3.02. The second-order valence-electron chi connectivity index (χ2n) is 6.74. The maximum Gasteiger partial charge on any atom is 0.191 e. The maximum absolute atomic E-state index is 6.06. The van der Waals surface area contributed by atoms with Crippen molar-refractivity contribution in [2.45, 2.75) is 19.5 Å². The lowest BCUT2D eigenvalue weighted by molar-refractivity contribution is 0.203. The fourth-order valence-electron chi connectivity index (χ4n) is 2.89. The molecule has 11 heteroatoms. The van der Waals surface area contributed by atoms with Gasteiger partial charge in [0, 0.05) is 44.7 Å². The molecule has 2 heterocycles. The highest BCUT2D eigenvalue weighted by Crippen LogP contribution is 2.19. The zero-order valence-corrected chi connectivity index (χ0v) is 20.9. The van der Waals surface area contributed by atoms with Gasteiger partial charge in [0.15, 0.2) is 11.8 Å². The van der Waals surface area contributed by atoms with Gasteiger partial charge in [-0.3, -0.25) is 4.68 Å². The standard InChI is InChI=1S/C20H27ClN8O.HI/c1-15-26-27-19(28(15)2)14-24-20(22-10-12-30-3)23-13-18(29-11-4-9-25-29)16-5-7-17(21)8-6-16;/h4-9,11,18H,10,12-14H2,1-3H3,(H2,22,23,24);1H. The summed E-state index contributed by atoms with van der Waals surface area (Å²) >= 11 is 6.06. The van der Waals surface area contributed by atoms with E-state index in [0.29, 0.717) is 37.2 Å². The summed E-state index contributed by atoms with van der Waals surface area (Å²) in [6.45, 7) is 4.11. The van der Waals surface area contributed by atoms with Crippen molar-refractivity contribution in [1.82, 2.24) is 35.2 Å². The van der Waals surface area contributed by atoms with Crippen molar-refractivity contribution in [3.63, 3.8) is 0 Å². The van der Waals surface area contributed by atoms with Crippen LogP contribution in [0.15, 0.2) is 47.7 Å². The first kappa shape index (κ1) is 25.1. The van der Waals surface area contributed by atoms with Crippen LogP contribution < -0.4 is 10.6 Å². The van der Waals surface area contributed by atoms with Gasteiger partial charge < -0.3 is 19.9 Å². The number of aliphatic imine (C=N–C) groups is 1. The van der Waals surface area contributed by atoms with Gasteiger partial charge in [0.25, 0.3) is 0 Å². The molecule has 2 N–H and O–H groups in total. The molecule has 168 valence electrons. The van der Waals surface area contributed by atoms with Crippen molar-refractivity contribution >= 4 is 41.5 Å². The molecule has 3 aromatic rings. The number of ether oxygens (including phenoxy) is 1. The van der Waals surface area contributed by atoms with E-state index in [1.54, 1.807) is 13.3 Å². The van der Waals surface area contributed by atoms with E-state index in [2.05, 4.69) is 30.9 Å². The molecule has 1 atom stereocenters. The minimum atomic E-state index is -0.0243. The highest BCUT2D eigenvalue weighted by molar-refractivity contribution is 14.0. The van der Waals surface area contributed by atoms with Crippen LogP contribution in [0.1, 0.15) is 23.3 Å². The van der Waals surface area contributed by atoms with Crippen LogP contribution in [0.4, 0.5) is 0 Å². The molecule has 0 bridgehead atoms.